The molecule has 0 fully saturated rings. The van der Waals surface area contributed by atoms with Crippen molar-refractivity contribution in [2.45, 2.75) is 33.6 Å². The van der Waals surface area contributed by atoms with Crippen molar-refractivity contribution in [3.05, 3.63) is 29.3 Å². The van der Waals surface area contributed by atoms with E-state index in [4.69, 9.17) is 4.74 Å². The molecule has 0 aliphatic carbocycles. The molecule has 0 saturated heterocycles. The van der Waals surface area contributed by atoms with Crippen molar-refractivity contribution in [1.29, 1.82) is 0 Å². The molecule has 0 aromatic heterocycles. The Balaban J connectivity index is 2.45. The first kappa shape index (κ1) is 12.8. The van der Waals surface area contributed by atoms with E-state index >= 15 is 0 Å². The Hall–Kier alpha value is -1.31. The van der Waals surface area contributed by atoms with E-state index in [9.17, 15) is 4.79 Å². The van der Waals surface area contributed by atoms with Crippen LogP contribution in [0.25, 0.3) is 0 Å². The summed E-state index contributed by atoms with van der Waals surface area (Å²) in [5.74, 6) is 1.61. The number of carbonyl (C=O) groups is 1. The lowest BCUT2D eigenvalue weighted by atomic mass is 10.1. The molecule has 0 heterocycles. The predicted octanol–water partition coefficient (Wildman–Crippen LogP) is 3.62. The lowest BCUT2D eigenvalue weighted by Gasteiger charge is -2.10. The monoisotopic (exact) mass is 220 g/mol. The molecule has 88 valence electrons. The Bertz CT molecular complexity index is 343. The molecule has 0 aliphatic heterocycles. The molecule has 0 spiro atoms. The van der Waals surface area contributed by atoms with Crippen LogP contribution < -0.4 is 4.74 Å². The predicted molar refractivity (Wildman–Crippen MR) is 66.1 cm³/mol. The average molecular weight is 220 g/mol. The largest absolute Gasteiger partial charge is 0.493 e. The van der Waals surface area contributed by atoms with Gasteiger partial charge in [-0.25, -0.2) is 0 Å². The fourth-order valence-electron chi connectivity index (χ4n) is 1.58. The lowest BCUT2D eigenvalue weighted by molar-refractivity contribution is 0.112. The highest BCUT2D eigenvalue weighted by atomic mass is 16.5. The van der Waals surface area contributed by atoms with Crippen LogP contribution in [0.4, 0.5) is 0 Å². The van der Waals surface area contributed by atoms with Crippen molar-refractivity contribution in [2.75, 3.05) is 6.61 Å². The molecule has 1 aromatic rings. The molecule has 0 atom stereocenters. The number of hydrogen-bond acceptors (Lipinski definition) is 2. The second-order valence-corrected chi connectivity index (χ2v) is 4.53. The standard InChI is InChI=1S/C14H20O2/c1-11(2)5-4-8-16-14-7-6-13(10-15)9-12(14)3/h6-7,9-11H,4-5,8H2,1-3H3. The smallest absolute Gasteiger partial charge is 0.150 e. The Labute approximate surface area is 97.6 Å². The summed E-state index contributed by atoms with van der Waals surface area (Å²) >= 11 is 0. The van der Waals surface area contributed by atoms with Gasteiger partial charge in [-0.1, -0.05) is 13.8 Å². The van der Waals surface area contributed by atoms with Gasteiger partial charge in [0.2, 0.25) is 0 Å². The number of ether oxygens (including phenoxy) is 1. The van der Waals surface area contributed by atoms with Gasteiger partial charge < -0.3 is 4.74 Å². The van der Waals surface area contributed by atoms with Crippen molar-refractivity contribution in [3.8, 4) is 5.75 Å². The molecule has 2 heteroatoms. The van der Waals surface area contributed by atoms with Crippen molar-refractivity contribution in [1.82, 2.24) is 0 Å². The summed E-state index contributed by atoms with van der Waals surface area (Å²) in [6, 6.07) is 5.51. The van der Waals surface area contributed by atoms with E-state index in [1.807, 2.05) is 19.1 Å². The van der Waals surface area contributed by atoms with E-state index in [2.05, 4.69) is 13.8 Å². The van der Waals surface area contributed by atoms with E-state index in [0.29, 0.717) is 5.56 Å². The van der Waals surface area contributed by atoms with Gasteiger partial charge in [-0.05, 0) is 49.4 Å². The molecular weight excluding hydrogens is 200 g/mol. The molecular formula is C14H20O2. The van der Waals surface area contributed by atoms with E-state index < -0.39 is 0 Å². The van der Waals surface area contributed by atoms with Crippen LogP contribution in [0.3, 0.4) is 0 Å². The number of aryl methyl sites for hydroxylation is 1. The third kappa shape index (κ3) is 4.05. The first-order valence-corrected chi connectivity index (χ1v) is 5.82. The van der Waals surface area contributed by atoms with E-state index in [0.717, 1.165) is 36.5 Å². The minimum atomic E-state index is 0.701. The summed E-state index contributed by atoms with van der Waals surface area (Å²) in [5, 5.41) is 0. The van der Waals surface area contributed by atoms with Crippen LogP contribution in [0, 0.1) is 12.8 Å². The summed E-state index contributed by atoms with van der Waals surface area (Å²) in [6.07, 6.45) is 3.12. The second kappa shape index (κ2) is 6.31. The molecule has 0 N–H and O–H groups in total. The van der Waals surface area contributed by atoms with Crippen LogP contribution in [0.5, 0.6) is 5.75 Å². The molecule has 2 nitrogen and oxygen atoms in total. The topological polar surface area (TPSA) is 26.3 Å². The summed E-state index contributed by atoms with van der Waals surface area (Å²) in [6.45, 7) is 7.14. The zero-order valence-corrected chi connectivity index (χ0v) is 10.3. The summed E-state index contributed by atoms with van der Waals surface area (Å²) < 4.78 is 5.67. The van der Waals surface area contributed by atoms with Crippen LogP contribution in [-0.4, -0.2) is 12.9 Å². The fraction of sp³-hybridized carbons (Fsp3) is 0.500. The number of aldehydes is 1. The van der Waals surface area contributed by atoms with Crippen molar-refractivity contribution >= 4 is 6.29 Å². The fourth-order valence-corrected chi connectivity index (χ4v) is 1.58. The average Bonchev–Trinajstić information content (AvgIpc) is 2.25. The van der Waals surface area contributed by atoms with Gasteiger partial charge in [-0.15, -0.1) is 0 Å². The third-order valence-electron chi connectivity index (χ3n) is 2.52. The summed E-state index contributed by atoms with van der Waals surface area (Å²) in [7, 11) is 0. The molecule has 0 bridgehead atoms. The Morgan fingerprint density at radius 2 is 2.12 bits per heavy atom. The summed E-state index contributed by atoms with van der Waals surface area (Å²) in [4.78, 5) is 10.6. The molecule has 0 amide bonds. The SMILES string of the molecule is Cc1cc(C=O)ccc1OCCCC(C)C. The third-order valence-corrected chi connectivity index (χ3v) is 2.52. The summed E-state index contributed by atoms with van der Waals surface area (Å²) in [5.41, 5.74) is 1.72. The van der Waals surface area contributed by atoms with Gasteiger partial charge in [0.25, 0.3) is 0 Å². The van der Waals surface area contributed by atoms with E-state index in [-0.39, 0.29) is 0 Å². The first-order valence-electron chi connectivity index (χ1n) is 5.82. The van der Waals surface area contributed by atoms with Crippen molar-refractivity contribution in [2.24, 2.45) is 5.92 Å². The second-order valence-electron chi connectivity index (χ2n) is 4.53. The zero-order chi connectivity index (χ0) is 12.0. The number of carbonyl (C=O) groups excluding carboxylic acids is 1. The number of benzene rings is 1. The van der Waals surface area contributed by atoms with E-state index in [1.54, 1.807) is 6.07 Å². The van der Waals surface area contributed by atoms with Gasteiger partial charge >= 0.3 is 0 Å². The highest BCUT2D eigenvalue weighted by Crippen LogP contribution is 2.19. The maximum absolute atomic E-state index is 10.6. The van der Waals surface area contributed by atoms with Crippen LogP contribution >= 0.6 is 0 Å². The normalized spacial score (nSPS) is 10.5. The van der Waals surface area contributed by atoms with Gasteiger partial charge in [0.05, 0.1) is 6.61 Å². The van der Waals surface area contributed by atoms with E-state index in [1.165, 1.54) is 6.42 Å². The molecule has 0 aliphatic rings. The van der Waals surface area contributed by atoms with Gasteiger partial charge in [-0.2, -0.15) is 0 Å². The minimum absolute atomic E-state index is 0.701. The molecule has 0 saturated carbocycles. The lowest BCUT2D eigenvalue weighted by Crippen LogP contribution is -2.01. The van der Waals surface area contributed by atoms with Crippen LogP contribution in [0.15, 0.2) is 18.2 Å². The van der Waals surface area contributed by atoms with Gasteiger partial charge in [-0.3, -0.25) is 4.79 Å². The molecule has 1 aromatic carbocycles. The Kier molecular flexibility index (Phi) is 5.03. The molecule has 0 radical (unpaired) electrons. The zero-order valence-electron chi connectivity index (χ0n) is 10.3. The number of rotatable bonds is 6. The van der Waals surface area contributed by atoms with Crippen molar-refractivity contribution < 1.29 is 9.53 Å². The van der Waals surface area contributed by atoms with Crippen molar-refractivity contribution in [3.63, 3.8) is 0 Å². The van der Waals surface area contributed by atoms with Gasteiger partial charge in [0.15, 0.2) is 0 Å². The maximum Gasteiger partial charge on any atom is 0.150 e. The Morgan fingerprint density at radius 1 is 1.38 bits per heavy atom. The minimum Gasteiger partial charge on any atom is -0.493 e. The molecule has 0 unspecified atom stereocenters. The quantitative estimate of drug-likeness (QED) is 0.540. The van der Waals surface area contributed by atoms with Crippen LogP contribution in [0.1, 0.15) is 42.6 Å². The Morgan fingerprint density at radius 3 is 2.69 bits per heavy atom. The molecule has 1 rings (SSSR count). The highest BCUT2D eigenvalue weighted by molar-refractivity contribution is 5.75. The van der Waals surface area contributed by atoms with Crippen LogP contribution in [0.2, 0.25) is 0 Å². The molecule has 16 heavy (non-hydrogen) atoms. The highest BCUT2D eigenvalue weighted by Gasteiger charge is 2.01. The van der Waals surface area contributed by atoms with Gasteiger partial charge in [0.1, 0.15) is 12.0 Å². The van der Waals surface area contributed by atoms with Crippen LogP contribution in [-0.2, 0) is 0 Å². The van der Waals surface area contributed by atoms with Gasteiger partial charge in [0, 0.05) is 5.56 Å². The number of hydrogen-bond donors (Lipinski definition) is 0. The first-order chi connectivity index (χ1) is 7.63. The maximum atomic E-state index is 10.6.